The first kappa shape index (κ1) is 14.6. The SMILES string of the molecule is CC(C)(N)CNS(=O)(=O)Cc1ccc(C#N)cc1. The van der Waals surface area contributed by atoms with Gasteiger partial charge in [-0.15, -0.1) is 0 Å². The number of hydrogen-bond acceptors (Lipinski definition) is 4. The largest absolute Gasteiger partial charge is 0.324 e. The Morgan fingerprint density at radius 2 is 1.89 bits per heavy atom. The molecule has 5 nitrogen and oxygen atoms in total. The molecule has 0 saturated heterocycles. The van der Waals surface area contributed by atoms with Crippen molar-refractivity contribution in [3.8, 4) is 6.07 Å². The van der Waals surface area contributed by atoms with Gasteiger partial charge in [0, 0.05) is 12.1 Å². The van der Waals surface area contributed by atoms with Gasteiger partial charge < -0.3 is 5.73 Å². The van der Waals surface area contributed by atoms with E-state index >= 15 is 0 Å². The number of nitrogens with one attached hydrogen (secondary N) is 1. The fourth-order valence-electron chi connectivity index (χ4n) is 1.24. The van der Waals surface area contributed by atoms with Crippen LogP contribution in [-0.4, -0.2) is 20.5 Å². The molecule has 0 heterocycles. The Morgan fingerprint density at radius 1 is 1.33 bits per heavy atom. The van der Waals surface area contributed by atoms with Gasteiger partial charge in [0.25, 0.3) is 0 Å². The van der Waals surface area contributed by atoms with E-state index in [2.05, 4.69) is 4.72 Å². The topological polar surface area (TPSA) is 96.0 Å². The van der Waals surface area contributed by atoms with Crippen molar-refractivity contribution in [2.75, 3.05) is 6.54 Å². The lowest BCUT2D eigenvalue weighted by atomic mass is 10.1. The highest BCUT2D eigenvalue weighted by molar-refractivity contribution is 7.88. The van der Waals surface area contributed by atoms with E-state index in [9.17, 15) is 8.42 Å². The summed E-state index contributed by atoms with van der Waals surface area (Å²) < 4.78 is 26.0. The van der Waals surface area contributed by atoms with Crippen molar-refractivity contribution >= 4 is 10.0 Å². The molecule has 0 spiro atoms. The van der Waals surface area contributed by atoms with Crippen LogP contribution in [0.2, 0.25) is 0 Å². The summed E-state index contributed by atoms with van der Waals surface area (Å²) in [4.78, 5) is 0. The van der Waals surface area contributed by atoms with Crippen molar-refractivity contribution in [3.05, 3.63) is 35.4 Å². The predicted octanol–water partition coefficient (Wildman–Crippen LogP) is 0.715. The molecule has 1 aromatic rings. The fourth-order valence-corrected chi connectivity index (χ4v) is 2.57. The lowest BCUT2D eigenvalue weighted by Crippen LogP contribution is -2.45. The lowest BCUT2D eigenvalue weighted by Gasteiger charge is -2.18. The second-order valence-electron chi connectivity index (χ2n) is 4.88. The number of sulfonamides is 1. The van der Waals surface area contributed by atoms with Gasteiger partial charge in [-0.25, -0.2) is 13.1 Å². The second kappa shape index (κ2) is 5.48. The first-order valence-corrected chi connectivity index (χ1v) is 7.12. The molecule has 0 fully saturated rings. The molecular formula is C12H17N3O2S. The van der Waals surface area contributed by atoms with Crippen LogP contribution >= 0.6 is 0 Å². The van der Waals surface area contributed by atoms with E-state index in [1.807, 2.05) is 6.07 Å². The van der Waals surface area contributed by atoms with Crippen LogP contribution in [0.4, 0.5) is 0 Å². The molecule has 0 unspecified atom stereocenters. The minimum Gasteiger partial charge on any atom is -0.324 e. The third kappa shape index (κ3) is 5.27. The van der Waals surface area contributed by atoms with Crippen molar-refractivity contribution < 1.29 is 8.42 Å². The first-order chi connectivity index (χ1) is 8.22. The van der Waals surface area contributed by atoms with Crippen LogP contribution in [0.1, 0.15) is 25.0 Å². The summed E-state index contributed by atoms with van der Waals surface area (Å²) in [7, 11) is -3.40. The van der Waals surface area contributed by atoms with Crippen LogP contribution in [-0.2, 0) is 15.8 Å². The molecule has 0 saturated carbocycles. The lowest BCUT2D eigenvalue weighted by molar-refractivity contribution is 0.497. The zero-order valence-corrected chi connectivity index (χ0v) is 11.3. The first-order valence-electron chi connectivity index (χ1n) is 5.47. The summed E-state index contributed by atoms with van der Waals surface area (Å²) in [5, 5.41) is 8.64. The van der Waals surface area contributed by atoms with E-state index in [0.29, 0.717) is 11.1 Å². The number of benzene rings is 1. The van der Waals surface area contributed by atoms with Gasteiger partial charge in [0.2, 0.25) is 10.0 Å². The van der Waals surface area contributed by atoms with Crippen molar-refractivity contribution in [2.45, 2.75) is 25.1 Å². The van der Waals surface area contributed by atoms with Gasteiger partial charge in [0.1, 0.15) is 0 Å². The average molecular weight is 267 g/mol. The Bertz CT molecular complexity index is 536. The third-order valence-electron chi connectivity index (χ3n) is 2.19. The summed E-state index contributed by atoms with van der Waals surface area (Å²) in [6.07, 6.45) is 0. The molecule has 0 atom stereocenters. The maximum absolute atomic E-state index is 11.8. The van der Waals surface area contributed by atoms with Crippen LogP contribution in [0.5, 0.6) is 0 Å². The Labute approximate surface area is 108 Å². The molecule has 0 aliphatic rings. The molecule has 1 rings (SSSR count). The average Bonchev–Trinajstić information content (AvgIpc) is 2.26. The monoisotopic (exact) mass is 267 g/mol. The van der Waals surface area contributed by atoms with Crippen LogP contribution < -0.4 is 10.5 Å². The summed E-state index contributed by atoms with van der Waals surface area (Å²) in [5.41, 5.74) is 6.27. The smallest absolute Gasteiger partial charge is 0.215 e. The molecule has 3 N–H and O–H groups in total. The van der Waals surface area contributed by atoms with Gasteiger partial charge >= 0.3 is 0 Å². The number of hydrogen-bond donors (Lipinski definition) is 2. The standard InChI is InChI=1S/C12H17N3O2S/c1-12(2,14)9-15-18(16,17)8-11-5-3-10(7-13)4-6-11/h3-6,15H,8-9,14H2,1-2H3. The van der Waals surface area contributed by atoms with Gasteiger partial charge in [0.05, 0.1) is 17.4 Å². The Hall–Kier alpha value is -1.42. The molecule has 0 aliphatic heterocycles. The summed E-state index contributed by atoms with van der Waals surface area (Å²) in [6.45, 7) is 3.68. The molecular weight excluding hydrogens is 250 g/mol. The van der Waals surface area contributed by atoms with Crippen molar-refractivity contribution in [1.29, 1.82) is 5.26 Å². The molecule has 0 amide bonds. The normalized spacial score (nSPS) is 12.1. The molecule has 18 heavy (non-hydrogen) atoms. The second-order valence-corrected chi connectivity index (χ2v) is 6.68. The minimum atomic E-state index is -3.40. The molecule has 1 aromatic carbocycles. The zero-order valence-electron chi connectivity index (χ0n) is 10.5. The summed E-state index contributed by atoms with van der Waals surface area (Å²) in [5.74, 6) is -0.116. The van der Waals surface area contributed by atoms with Gasteiger partial charge in [0.15, 0.2) is 0 Å². The van der Waals surface area contributed by atoms with Crippen molar-refractivity contribution in [3.63, 3.8) is 0 Å². The van der Waals surface area contributed by atoms with Crippen LogP contribution in [0.3, 0.4) is 0 Å². The van der Waals surface area contributed by atoms with E-state index < -0.39 is 15.6 Å². The highest BCUT2D eigenvalue weighted by atomic mass is 32.2. The van der Waals surface area contributed by atoms with E-state index in [4.69, 9.17) is 11.0 Å². The van der Waals surface area contributed by atoms with Crippen LogP contribution in [0.25, 0.3) is 0 Å². The minimum absolute atomic E-state index is 0.116. The van der Waals surface area contributed by atoms with E-state index in [0.717, 1.165) is 0 Å². The quantitative estimate of drug-likeness (QED) is 0.821. The molecule has 0 aromatic heterocycles. The van der Waals surface area contributed by atoms with E-state index in [1.165, 1.54) is 0 Å². The summed E-state index contributed by atoms with van der Waals surface area (Å²) >= 11 is 0. The number of nitriles is 1. The molecule has 6 heteroatoms. The third-order valence-corrected chi connectivity index (χ3v) is 3.48. The molecule has 98 valence electrons. The maximum Gasteiger partial charge on any atom is 0.215 e. The van der Waals surface area contributed by atoms with Crippen molar-refractivity contribution in [1.82, 2.24) is 4.72 Å². The number of rotatable bonds is 5. The fraction of sp³-hybridized carbons (Fsp3) is 0.417. The summed E-state index contributed by atoms with van der Waals surface area (Å²) in [6, 6.07) is 8.43. The zero-order chi connectivity index (χ0) is 13.8. The van der Waals surface area contributed by atoms with Gasteiger partial charge in [-0.3, -0.25) is 0 Å². The number of nitrogens with zero attached hydrogens (tertiary/aromatic N) is 1. The Balaban J connectivity index is 2.68. The maximum atomic E-state index is 11.8. The van der Waals surface area contributed by atoms with E-state index in [1.54, 1.807) is 38.1 Å². The molecule has 0 radical (unpaired) electrons. The van der Waals surface area contributed by atoms with Gasteiger partial charge in [-0.1, -0.05) is 12.1 Å². The molecule has 0 bridgehead atoms. The van der Waals surface area contributed by atoms with Gasteiger partial charge in [-0.2, -0.15) is 5.26 Å². The predicted molar refractivity (Wildman–Crippen MR) is 70.0 cm³/mol. The van der Waals surface area contributed by atoms with Gasteiger partial charge in [-0.05, 0) is 31.5 Å². The highest BCUT2D eigenvalue weighted by Gasteiger charge is 2.17. The van der Waals surface area contributed by atoms with E-state index in [-0.39, 0.29) is 12.3 Å². The Morgan fingerprint density at radius 3 is 2.33 bits per heavy atom. The molecule has 0 aliphatic carbocycles. The highest BCUT2D eigenvalue weighted by Crippen LogP contribution is 2.07. The number of nitrogens with two attached hydrogens (primary N) is 1. The van der Waals surface area contributed by atoms with Crippen molar-refractivity contribution in [2.24, 2.45) is 5.73 Å². The van der Waals surface area contributed by atoms with Crippen LogP contribution in [0.15, 0.2) is 24.3 Å². The Kier molecular flexibility index (Phi) is 4.46. The van der Waals surface area contributed by atoms with Crippen LogP contribution in [0, 0.1) is 11.3 Å².